The molecule has 104 valence electrons. The van der Waals surface area contributed by atoms with Crippen LogP contribution in [0.1, 0.15) is 20.3 Å². The van der Waals surface area contributed by atoms with Crippen LogP contribution in [0, 0.1) is 5.92 Å². The van der Waals surface area contributed by atoms with Crippen molar-refractivity contribution in [2.45, 2.75) is 32.4 Å². The molecular formula is C12H23N3O3. The summed E-state index contributed by atoms with van der Waals surface area (Å²) in [4.78, 5) is 24.9. The van der Waals surface area contributed by atoms with E-state index in [4.69, 9.17) is 0 Å². The highest BCUT2D eigenvalue weighted by molar-refractivity contribution is 5.87. The van der Waals surface area contributed by atoms with Gasteiger partial charge in [0, 0.05) is 20.1 Å². The number of rotatable bonds is 5. The largest absolute Gasteiger partial charge is 0.392 e. The molecule has 0 radical (unpaired) electrons. The molecule has 0 aliphatic carbocycles. The number of hydrogen-bond acceptors (Lipinski definition) is 4. The van der Waals surface area contributed by atoms with Crippen LogP contribution < -0.4 is 10.6 Å². The van der Waals surface area contributed by atoms with Gasteiger partial charge in [-0.1, -0.05) is 13.8 Å². The third-order valence-corrected chi connectivity index (χ3v) is 2.87. The Hall–Kier alpha value is -1.14. The van der Waals surface area contributed by atoms with Crippen LogP contribution in [0.3, 0.4) is 0 Å². The molecule has 0 bridgehead atoms. The van der Waals surface area contributed by atoms with Crippen molar-refractivity contribution in [3.63, 3.8) is 0 Å². The van der Waals surface area contributed by atoms with E-state index in [-0.39, 0.29) is 24.4 Å². The van der Waals surface area contributed by atoms with Crippen LogP contribution >= 0.6 is 0 Å². The first-order valence-electron chi connectivity index (χ1n) is 6.33. The third kappa shape index (κ3) is 4.62. The van der Waals surface area contributed by atoms with Gasteiger partial charge in [-0.3, -0.25) is 9.59 Å². The third-order valence-electron chi connectivity index (χ3n) is 2.87. The molecule has 2 atom stereocenters. The van der Waals surface area contributed by atoms with E-state index in [1.165, 1.54) is 4.90 Å². The first-order chi connectivity index (χ1) is 8.40. The van der Waals surface area contributed by atoms with Crippen molar-refractivity contribution in [1.29, 1.82) is 0 Å². The lowest BCUT2D eigenvalue weighted by Crippen LogP contribution is -2.46. The van der Waals surface area contributed by atoms with Crippen molar-refractivity contribution < 1.29 is 14.7 Å². The number of β-amino-alcohol motifs (C(OH)–C–C–N with tert-alkyl or cyclic N) is 1. The first-order valence-corrected chi connectivity index (χ1v) is 6.33. The Kier molecular flexibility index (Phi) is 5.55. The molecule has 1 saturated heterocycles. The van der Waals surface area contributed by atoms with Crippen molar-refractivity contribution in [2.75, 3.05) is 26.7 Å². The lowest BCUT2D eigenvalue weighted by atomic mass is 10.2. The van der Waals surface area contributed by atoms with Gasteiger partial charge >= 0.3 is 0 Å². The molecule has 6 nitrogen and oxygen atoms in total. The second kappa shape index (κ2) is 6.70. The highest BCUT2D eigenvalue weighted by Crippen LogP contribution is 2.08. The fraction of sp³-hybridized carbons (Fsp3) is 0.833. The van der Waals surface area contributed by atoms with Crippen LogP contribution in [0.2, 0.25) is 0 Å². The fourth-order valence-electron chi connectivity index (χ4n) is 1.84. The van der Waals surface area contributed by atoms with E-state index in [0.717, 1.165) is 0 Å². The quantitative estimate of drug-likeness (QED) is 0.586. The monoisotopic (exact) mass is 257 g/mol. The molecule has 0 spiro atoms. The van der Waals surface area contributed by atoms with Gasteiger partial charge in [0.2, 0.25) is 11.8 Å². The van der Waals surface area contributed by atoms with Gasteiger partial charge in [0.1, 0.15) is 0 Å². The standard InChI is InChI=1S/C12H23N3O3/c1-8(2)5-14-11(17)7-15(3)12(18)10-4-9(16)6-13-10/h8-10,13,16H,4-7H2,1-3H3,(H,14,17). The molecule has 1 rings (SSSR count). The Labute approximate surface area is 108 Å². The summed E-state index contributed by atoms with van der Waals surface area (Å²) in [5, 5.41) is 15.0. The number of aliphatic hydroxyl groups is 1. The highest BCUT2D eigenvalue weighted by Gasteiger charge is 2.30. The van der Waals surface area contributed by atoms with Crippen molar-refractivity contribution in [3.05, 3.63) is 0 Å². The van der Waals surface area contributed by atoms with Gasteiger partial charge in [-0.2, -0.15) is 0 Å². The van der Waals surface area contributed by atoms with Gasteiger partial charge in [-0.15, -0.1) is 0 Å². The van der Waals surface area contributed by atoms with Crippen LogP contribution in [0.25, 0.3) is 0 Å². The van der Waals surface area contributed by atoms with E-state index < -0.39 is 6.10 Å². The maximum Gasteiger partial charge on any atom is 0.240 e. The first kappa shape index (κ1) is 14.9. The molecule has 0 aromatic rings. The number of carbonyl (C=O) groups is 2. The Morgan fingerprint density at radius 2 is 2.17 bits per heavy atom. The van der Waals surface area contributed by atoms with Crippen molar-refractivity contribution in [2.24, 2.45) is 5.92 Å². The normalized spacial score (nSPS) is 23.2. The van der Waals surface area contributed by atoms with E-state index in [9.17, 15) is 14.7 Å². The van der Waals surface area contributed by atoms with Crippen LogP contribution in [0.4, 0.5) is 0 Å². The van der Waals surface area contributed by atoms with Gasteiger partial charge < -0.3 is 20.6 Å². The Morgan fingerprint density at radius 3 is 2.67 bits per heavy atom. The Morgan fingerprint density at radius 1 is 1.50 bits per heavy atom. The lowest BCUT2D eigenvalue weighted by molar-refractivity contribution is -0.136. The van der Waals surface area contributed by atoms with E-state index in [1.807, 2.05) is 13.8 Å². The minimum atomic E-state index is -0.470. The molecule has 0 aromatic carbocycles. The number of aliphatic hydroxyl groups excluding tert-OH is 1. The number of likely N-dealkylation sites (N-methyl/N-ethyl adjacent to an activating group) is 1. The van der Waals surface area contributed by atoms with E-state index in [1.54, 1.807) is 7.05 Å². The SMILES string of the molecule is CC(C)CNC(=O)CN(C)C(=O)C1CC(O)CN1. The molecule has 3 N–H and O–H groups in total. The summed E-state index contributed by atoms with van der Waals surface area (Å²) in [5.41, 5.74) is 0. The van der Waals surface area contributed by atoms with Crippen LogP contribution in [-0.4, -0.2) is 60.6 Å². The van der Waals surface area contributed by atoms with Crippen molar-refractivity contribution in [1.82, 2.24) is 15.5 Å². The molecule has 2 unspecified atom stereocenters. The molecule has 2 amide bonds. The van der Waals surface area contributed by atoms with Crippen LogP contribution in [-0.2, 0) is 9.59 Å². The van der Waals surface area contributed by atoms with E-state index in [0.29, 0.717) is 25.4 Å². The molecule has 1 heterocycles. The summed E-state index contributed by atoms with van der Waals surface area (Å²) in [6.07, 6.45) is -0.0568. The molecule has 1 aliphatic heterocycles. The van der Waals surface area contributed by atoms with Gasteiger partial charge in [-0.05, 0) is 12.3 Å². The van der Waals surface area contributed by atoms with Crippen LogP contribution in [0.5, 0.6) is 0 Å². The average molecular weight is 257 g/mol. The number of amides is 2. The number of hydrogen-bond donors (Lipinski definition) is 3. The van der Waals surface area contributed by atoms with E-state index in [2.05, 4.69) is 10.6 Å². The highest BCUT2D eigenvalue weighted by atomic mass is 16.3. The predicted octanol–water partition coefficient (Wildman–Crippen LogP) is -1.06. The van der Waals surface area contributed by atoms with Gasteiger partial charge in [0.15, 0.2) is 0 Å². The second-order valence-corrected chi connectivity index (χ2v) is 5.24. The molecule has 1 fully saturated rings. The topological polar surface area (TPSA) is 81.7 Å². The van der Waals surface area contributed by atoms with E-state index >= 15 is 0 Å². The second-order valence-electron chi connectivity index (χ2n) is 5.24. The number of nitrogens with zero attached hydrogens (tertiary/aromatic N) is 1. The zero-order chi connectivity index (χ0) is 13.7. The minimum absolute atomic E-state index is 0.0554. The van der Waals surface area contributed by atoms with Crippen LogP contribution in [0.15, 0.2) is 0 Å². The summed E-state index contributed by atoms with van der Waals surface area (Å²) in [6, 6.07) is -0.372. The molecular weight excluding hydrogens is 234 g/mol. The predicted molar refractivity (Wildman–Crippen MR) is 67.9 cm³/mol. The minimum Gasteiger partial charge on any atom is -0.392 e. The number of nitrogens with one attached hydrogen (secondary N) is 2. The molecule has 6 heteroatoms. The zero-order valence-corrected chi connectivity index (χ0v) is 11.3. The van der Waals surface area contributed by atoms with Gasteiger partial charge in [0.05, 0.1) is 18.7 Å². The summed E-state index contributed by atoms with van der Waals surface area (Å²) < 4.78 is 0. The van der Waals surface area contributed by atoms with Gasteiger partial charge in [-0.25, -0.2) is 0 Å². The zero-order valence-electron chi connectivity index (χ0n) is 11.3. The fourth-order valence-corrected chi connectivity index (χ4v) is 1.84. The van der Waals surface area contributed by atoms with Crippen molar-refractivity contribution >= 4 is 11.8 Å². The summed E-state index contributed by atoms with van der Waals surface area (Å²) in [7, 11) is 1.60. The van der Waals surface area contributed by atoms with Crippen molar-refractivity contribution in [3.8, 4) is 0 Å². The molecule has 1 aliphatic rings. The Balaban J connectivity index is 2.33. The maximum absolute atomic E-state index is 11.9. The van der Waals surface area contributed by atoms with Gasteiger partial charge in [0.25, 0.3) is 0 Å². The Bertz CT molecular complexity index is 307. The summed E-state index contributed by atoms with van der Waals surface area (Å²) >= 11 is 0. The lowest BCUT2D eigenvalue weighted by Gasteiger charge is -2.20. The smallest absolute Gasteiger partial charge is 0.240 e. The molecule has 0 aromatic heterocycles. The summed E-state index contributed by atoms with van der Waals surface area (Å²) in [6.45, 7) is 5.13. The summed E-state index contributed by atoms with van der Waals surface area (Å²) in [5.74, 6) is 0.0888. The number of carbonyl (C=O) groups excluding carboxylic acids is 2. The molecule has 0 saturated carbocycles. The average Bonchev–Trinajstić information content (AvgIpc) is 2.72. The maximum atomic E-state index is 11.9. The molecule has 18 heavy (non-hydrogen) atoms.